The summed E-state index contributed by atoms with van der Waals surface area (Å²) in [6.45, 7) is 11.1. The van der Waals surface area contributed by atoms with Gasteiger partial charge in [-0.2, -0.15) is 0 Å². The van der Waals surface area contributed by atoms with Crippen LogP contribution in [0.3, 0.4) is 0 Å². The van der Waals surface area contributed by atoms with Gasteiger partial charge in [0.1, 0.15) is 0 Å². The van der Waals surface area contributed by atoms with Gasteiger partial charge < -0.3 is 4.90 Å². The minimum atomic E-state index is 0.782. The molecule has 0 aliphatic carbocycles. The van der Waals surface area contributed by atoms with E-state index in [4.69, 9.17) is 17.3 Å². The van der Waals surface area contributed by atoms with Crippen molar-refractivity contribution in [3.8, 4) is 0 Å². The maximum Gasteiger partial charge on any atom is 0.216 e. The third-order valence-corrected chi connectivity index (χ3v) is 6.34. The van der Waals surface area contributed by atoms with Crippen molar-refractivity contribution in [1.29, 1.82) is 0 Å². The van der Waals surface area contributed by atoms with Crippen LogP contribution in [0, 0.1) is 10.7 Å². The molecule has 3 aromatic rings. The highest BCUT2D eigenvalue weighted by molar-refractivity contribution is 7.71. The first kappa shape index (κ1) is 17.1. The number of hydrogen-bond acceptors (Lipinski definition) is 5. The minimum Gasteiger partial charge on any atom is -0.301 e. The second-order valence-electron chi connectivity index (χ2n) is 7.25. The average molecular weight is 376 g/mol. The molecule has 0 spiro atoms. The van der Waals surface area contributed by atoms with E-state index in [0.29, 0.717) is 0 Å². The smallest absolute Gasteiger partial charge is 0.216 e. The van der Waals surface area contributed by atoms with Crippen LogP contribution in [0.1, 0.15) is 20.3 Å². The molecule has 0 radical (unpaired) electrons. The molecule has 1 aliphatic rings. The Kier molecular flexibility index (Phi) is 4.90. The Morgan fingerprint density at radius 1 is 1.12 bits per heavy atom. The van der Waals surface area contributed by atoms with Gasteiger partial charge in [0.2, 0.25) is 9.73 Å². The van der Waals surface area contributed by atoms with E-state index in [1.54, 1.807) is 11.3 Å². The Balaban J connectivity index is 1.45. The Labute approximate surface area is 157 Å². The number of rotatable bonds is 5. The maximum absolute atomic E-state index is 5.70. The highest BCUT2D eigenvalue weighted by Gasteiger charge is 2.19. The first-order valence-corrected chi connectivity index (χ1v) is 10.3. The molecule has 1 aromatic carbocycles. The average Bonchev–Trinajstić information content (AvgIpc) is 3.11. The van der Waals surface area contributed by atoms with Crippen LogP contribution >= 0.6 is 23.6 Å². The van der Waals surface area contributed by atoms with Crippen molar-refractivity contribution < 1.29 is 0 Å². The summed E-state index contributed by atoms with van der Waals surface area (Å²) >= 11 is 7.41. The monoisotopic (exact) mass is 375 g/mol. The molecule has 5 nitrogen and oxygen atoms in total. The molecule has 0 saturated carbocycles. The summed E-state index contributed by atoms with van der Waals surface area (Å²) in [5, 5.41) is 4.76. The number of piperazine rings is 1. The SMILES string of the molecule is CC(C)CCN1CCN(Cn2nc3sc4ccccc4n3c2=S)CC1. The van der Waals surface area contributed by atoms with Gasteiger partial charge in [0.25, 0.3) is 0 Å². The van der Waals surface area contributed by atoms with Gasteiger partial charge in [0.05, 0.1) is 16.9 Å². The van der Waals surface area contributed by atoms with Crippen LogP contribution in [0.4, 0.5) is 0 Å². The zero-order valence-electron chi connectivity index (χ0n) is 14.9. The van der Waals surface area contributed by atoms with Gasteiger partial charge in [-0.15, -0.1) is 5.10 Å². The summed E-state index contributed by atoms with van der Waals surface area (Å²) in [7, 11) is 0. The van der Waals surface area contributed by atoms with E-state index in [1.807, 2.05) is 4.68 Å². The zero-order chi connectivity index (χ0) is 17.4. The van der Waals surface area contributed by atoms with E-state index in [2.05, 4.69) is 52.3 Å². The highest BCUT2D eigenvalue weighted by atomic mass is 32.1. The molecule has 0 bridgehead atoms. The lowest BCUT2D eigenvalue weighted by molar-refractivity contribution is 0.0996. The molecule has 1 aliphatic heterocycles. The molecule has 0 unspecified atom stereocenters. The molecule has 2 aromatic heterocycles. The van der Waals surface area contributed by atoms with Crippen molar-refractivity contribution in [3.63, 3.8) is 0 Å². The van der Waals surface area contributed by atoms with E-state index in [-0.39, 0.29) is 0 Å². The molecule has 0 N–H and O–H groups in total. The summed E-state index contributed by atoms with van der Waals surface area (Å²) in [6, 6.07) is 8.37. The number of thiazole rings is 1. The maximum atomic E-state index is 5.70. The van der Waals surface area contributed by atoms with E-state index in [1.165, 1.54) is 17.7 Å². The largest absolute Gasteiger partial charge is 0.301 e. The van der Waals surface area contributed by atoms with Gasteiger partial charge in [0.15, 0.2) is 0 Å². The molecule has 134 valence electrons. The summed E-state index contributed by atoms with van der Waals surface area (Å²) in [5.74, 6) is 0.782. The molecule has 0 atom stereocenters. The highest BCUT2D eigenvalue weighted by Crippen LogP contribution is 2.25. The predicted molar refractivity (Wildman–Crippen MR) is 107 cm³/mol. The number of benzene rings is 1. The van der Waals surface area contributed by atoms with Crippen LogP contribution in [0.15, 0.2) is 24.3 Å². The Bertz CT molecular complexity index is 914. The molecule has 3 heterocycles. The van der Waals surface area contributed by atoms with Crippen molar-refractivity contribution in [2.75, 3.05) is 32.7 Å². The molecule has 1 saturated heterocycles. The molecule has 0 amide bonds. The van der Waals surface area contributed by atoms with Crippen LogP contribution in [0.5, 0.6) is 0 Å². The third-order valence-electron chi connectivity index (χ3n) is 4.94. The first-order valence-electron chi connectivity index (χ1n) is 9.03. The van der Waals surface area contributed by atoms with Gasteiger partial charge in [0, 0.05) is 26.2 Å². The molecule has 1 fully saturated rings. The Hall–Kier alpha value is -1.28. The number of nitrogens with zero attached hydrogens (tertiary/aromatic N) is 5. The van der Waals surface area contributed by atoms with Gasteiger partial charge in [-0.1, -0.05) is 37.3 Å². The minimum absolute atomic E-state index is 0.782. The topological polar surface area (TPSA) is 28.7 Å². The third kappa shape index (κ3) is 3.51. The van der Waals surface area contributed by atoms with Crippen molar-refractivity contribution >= 4 is 38.7 Å². The lowest BCUT2D eigenvalue weighted by Gasteiger charge is -2.34. The number of para-hydroxylation sites is 1. The Morgan fingerprint density at radius 2 is 1.84 bits per heavy atom. The second kappa shape index (κ2) is 7.15. The van der Waals surface area contributed by atoms with Crippen molar-refractivity contribution in [2.45, 2.75) is 26.9 Å². The van der Waals surface area contributed by atoms with Gasteiger partial charge >= 0.3 is 0 Å². The van der Waals surface area contributed by atoms with E-state index >= 15 is 0 Å². The van der Waals surface area contributed by atoms with Gasteiger partial charge in [-0.25, -0.2) is 4.68 Å². The normalized spacial score (nSPS) is 17.2. The quantitative estimate of drug-likeness (QED) is 0.636. The molecular formula is C18H25N5S2. The summed E-state index contributed by atoms with van der Waals surface area (Å²) < 4.78 is 6.13. The standard InChI is InChI=1S/C18H25N5S2/c1-14(2)7-8-20-9-11-21(12-10-20)13-22-18(24)23-15-5-3-4-6-16(15)25-17(23)19-22/h3-6,14H,7-13H2,1-2H3. The van der Waals surface area contributed by atoms with Crippen LogP contribution < -0.4 is 0 Å². The van der Waals surface area contributed by atoms with Crippen molar-refractivity contribution in [2.24, 2.45) is 5.92 Å². The Morgan fingerprint density at radius 3 is 2.60 bits per heavy atom. The molecule has 7 heteroatoms. The zero-order valence-corrected chi connectivity index (χ0v) is 16.5. The van der Waals surface area contributed by atoms with E-state index < -0.39 is 0 Å². The lowest BCUT2D eigenvalue weighted by Crippen LogP contribution is -2.47. The number of aromatic nitrogens is 3. The number of fused-ring (bicyclic) bond motifs is 3. The summed E-state index contributed by atoms with van der Waals surface area (Å²) in [6.07, 6.45) is 1.29. The van der Waals surface area contributed by atoms with Crippen molar-refractivity contribution in [1.82, 2.24) is 24.0 Å². The van der Waals surface area contributed by atoms with Crippen LogP contribution in [-0.2, 0) is 6.67 Å². The van der Waals surface area contributed by atoms with E-state index in [0.717, 1.165) is 54.0 Å². The summed E-state index contributed by atoms with van der Waals surface area (Å²) in [5.41, 5.74) is 1.16. The second-order valence-corrected chi connectivity index (χ2v) is 8.63. The van der Waals surface area contributed by atoms with Crippen LogP contribution in [0.2, 0.25) is 0 Å². The fourth-order valence-corrected chi connectivity index (χ4v) is 4.73. The predicted octanol–water partition coefficient (Wildman–Crippen LogP) is 3.70. The van der Waals surface area contributed by atoms with Gasteiger partial charge in [-0.3, -0.25) is 9.30 Å². The van der Waals surface area contributed by atoms with E-state index in [9.17, 15) is 0 Å². The van der Waals surface area contributed by atoms with Gasteiger partial charge in [-0.05, 0) is 43.2 Å². The number of hydrogen-bond donors (Lipinski definition) is 0. The molecule has 25 heavy (non-hydrogen) atoms. The summed E-state index contributed by atoms with van der Waals surface area (Å²) in [4.78, 5) is 6.03. The molecule has 4 rings (SSSR count). The van der Waals surface area contributed by atoms with Crippen LogP contribution in [-0.4, -0.2) is 56.7 Å². The fourth-order valence-electron chi connectivity index (χ4n) is 3.36. The van der Waals surface area contributed by atoms with Crippen LogP contribution in [0.25, 0.3) is 15.2 Å². The molecular weight excluding hydrogens is 350 g/mol. The lowest BCUT2D eigenvalue weighted by atomic mass is 10.1. The first-order chi connectivity index (χ1) is 12.1. The van der Waals surface area contributed by atoms with Crippen molar-refractivity contribution in [3.05, 3.63) is 29.0 Å². The fraction of sp³-hybridized carbons (Fsp3) is 0.556.